The van der Waals surface area contributed by atoms with E-state index in [0.717, 1.165) is 45.3 Å². The van der Waals surface area contributed by atoms with Gasteiger partial charge in [-0.15, -0.1) is 0 Å². The Kier molecular flexibility index (Phi) is 4.18. The molecule has 1 N–H and O–H groups in total. The Bertz CT molecular complexity index is 239. The minimum Gasteiger partial charge on any atom is -0.392 e. The lowest BCUT2D eigenvalue weighted by atomic mass is 10.1. The number of nitrogens with zero attached hydrogens (tertiary/aromatic N) is 2. The number of carbonyl (C=O) groups is 1. The molecule has 2 aliphatic heterocycles. The van der Waals surface area contributed by atoms with Crippen molar-refractivity contribution in [2.24, 2.45) is 0 Å². The van der Waals surface area contributed by atoms with Crippen LogP contribution in [0, 0.1) is 0 Å². The van der Waals surface area contributed by atoms with Crippen molar-refractivity contribution in [1.82, 2.24) is 9.80 Å². The Morgan fingerprint density at radius 1 is 1.12 bits per heavy atom. The summed E-state index contributed by atoms with van der Waals surface area (Å²) in [6.45, 7) is 3.97. The molecule has 1 unspecified atom stereocenters. The molecule has 4 heteroatoms. The summed E-state index contributed by atoms with van der Waals surface area (Å²) in [4.78, 5) is 16.0. The van der Waals surface area contributed by atoms with E-state index in [1.807, 2.05) is 4.90 Å². The molecule has 0 aromatic rings. The van der Waals surface area contributed by atoms with Crippen LogP contribution in [0.15, 0.2) is 0 Å². The number of hydrogen-bond acceptors (Lipinski definition) is 3. The summed E-state index contributed by atoms with van der Waals surface area (Å²) >= 11 is 0. The van der Waals surface area contributed by atoms with E-state index in [1.165, 1.54) is 6.42 Å². The lowest BCUT2D eigenvalue weighted by Gasteiger charge is -2.33. The van der Waals surface area contributed by atoms with Crippen molar-refractivity contribution >= 4 is 5.91 Å². The van der Waals surface area contributed by atoms with Gasteiger partial charge in [0.2, 0.25) is 5.91 Å². The molecule has 2 heterocycles. The summed E-state index contributed by atoms with van der Waals surface area (Å²) in [7, 11) is 0. The lowest BCUT2D eigenvalue weighted by Crippen LogP contribution is -2.46. The highest BCUT2D eigenvalue weighted by atomic mass is 16.3. The molecule has 0 aromatic carbocycles. The second-order valence-electron chi connectivity index (χ2n) is 4.97. The Morgan fingerprint density at radius 2 is 1.88 bits per heavy atom. The highest BCUT2D eigenvalue weighted by Crippen LogP contribution is 2.12. The monoisotopic (exact) mass is 226 g/mol. The SMILES string of the molecule is O=C(CN1CCCC(O)C1)N1CCCCC1. The average Bonchev–Trinajstić information content (AvgIpc) is 2.30. The molecule has 2 rings (SSSR count). The normalized spacial score (nSPS) is 28.1. The van der Waals surface area contributed by atoms with Gasteiger partial charge in [0, 0.05) is 19.6 Å². The molecule has 0 radical (unpaired) electrons. The van der Waals surface area contributed by atoms with E-state index in [0.29, 0.717) is 13.1 Å². The van der Waals surface area contributed by atoms with Crippen LogP contribution >= 0.6 is 0 Å². The summed E-state index contributed by atoms with van der Waals surface area (Å²) in [5, 5.41) is 9.54. The predicted octanol–water partition coefficient (Wildman–Crippen LogP) is 0.456. The standard InChI is InChI=1S/C12H22N2O2/c15-11-5-4-6-13(9-11)10-12(16)14-7-2-1-3-8-14/h11,15H,1-10H2. The van der Waals surface area contributed by atoms with Crippen LogP contribution in [0.25, 0.3) is 0 Å². The van der Waals surface area contributed by atoms with Crippen LogP contribution in [0.4, 0.5) is 0 Å². The van der Waals surface area contributed by atoms with Crippen LogP contribution in [0.5, 0.6) is 0 Å². The number of rotatable bonds is 2. The fraction of sp³-hybridized carbons (Fsp3) is 0.917. The summed E-state index contributed by atoms with van der Waals surface area (Å²) in [5.74, 6) is 0.244. The minimum absolute atomic E-state index is 0.233. The van der Waals surface area contributed by atoms with Gasteiger partial charge in [0.25, 0.3) is 0 Å². The molecule has 0 bridgehead atoms. The smallest absolute Gasteiger partial charge is 0.236 e. The van der Waals surface area contributed by atoms with Gasteiger partial charge in [-0.2, -0.15) is 0 Å². The highest BCUT2D eigenvalue weighted by molar-refractivity contribution is 5.78. The Hall–Kier alpha value is -0.610. The molecular formula is C12H22N2O2. The maximum Gasteiger partial charge on any atom is 0.236 e. The molecule has 1 atom stereocenters. The van der Waals surface area contributed by atoms with Crippen molar-refractivity contribution in [3.8, 4) is 0 Å². The van der Waals surface area contributed by atoms with E-state index in [1.54, 1.807) is 0 Å². The molecule has 2 saturated heterocycles. The van der Waals surface area contributed by atoms with E-state index in [2.05, 4.69) is 4.90 Å². The first-order valence-electron chi connectivity index (χ1n) is 6.44. The number of aliphatic hydroxyl groups is 1. The van der Waals surface area contributed by atoms with E-state index >= 15 is 0 Å². The second kappa shape index (κ2) is 5.64. The summed E-state index contributed by atoms with van der Waals surface area (Å²) in [5.41, 5.74) is 0. The quantitative estimate of drug-likeness (QED) is 0.744. The van der Waals surface area contributed by atoms with Gasteiger partial charge < -0.3 is 10.0 Å². The van der Waals surface area contributed by atoms with E-state index in [-0.39, 0.29) is 12.0 Å². The van der Waals surface area contributed by atoms with Crippen LogP contribution in [-0.4, -0.2) is 59.6 Å². The molecule has 0 saturated carbocycles. The molecule has 2 fully saturated rings. The topological polar surface area (TPSA) is 43.8 Å². The minimum atomic E-state index is -0.233. The van der Waals surface area contributed by atoms with Gasteiger partial charge >= 0.3 is 0 Å². The maximum atomic E-state index is 12.0. The fourth-order valence-corrected chi connectivity index (χ4v) is 2.61. The third-order valence-corrected chi connectivity index (χ3v) is 3.55. The molecular weight excluding hydrogens is 204 g/mol. The van der Waals surface area contributed by atoms with Crippen molar-refractivity contribution < 1.29 is 9.90 Å². The van der Waals surface area contributed by atoms with Crippen LogP contribution in [0.3, 0.4) is 0 Å². The summed E-state index contributed by atoms with van der Waals surface area (Å²) in [6, 6.07) is 0. The number of carbonyl (C=O) groups excluding carboxylic acids is 1. The molecule has 0 aliphatic carbocycles. The van der Waals surface area contributed by atoms with Gasteiger partial charge in [-0.1, -0.05) is 0 Å². The van der Waals surface area contributed by atoms with Crippen LogP contribution in [-0.2, 0) is 4.79 Å². The molecule has 0 spiro atoms. The number of aliphatic hydroxyl groups excluding tert-OH is 1. The van der Waals surface area contributed by atoms with E-state index in [4.69, 9.17) is 0 Å². The zero-order valence-corrected chi connectivity index (χ0v) is 9.90. The molecule has 16 heavy (non-hydrogen) atoms. The van der Waals surface area contributed by atoms with Crippen LogP contribution < -0.4 is 0 Å². The Morgan fingerprint density at radius 3 is 2.56 bits per heavy atom. The van der Waals surface area contributed by atoms with Crippen LogP contribution in [0.1, 0.15) is 32.1 Å². The van der Waals surface area contributed by atoms with E-state index < -0.39 is 0 Å². The zero-order valence-electron chi connectivity index (χ0n) is 9.90. The van der Waals surface area contributed by atoms with Gasteiger partial charge in [0.1, 0.15) is 0 Å². The zero-order chi connectivity index (χ0) is 11.4. The first-order valence-corrected chi connectivity index (χ1v) is 6.44. The van der Waals surface area contributed by atoms with Crippen molar-refractivity contribution in [3.05, 3.63) is 0 Å². The second-order valence-corrected chi connectivity index (χ2v) is 4.97. The molecule has 92 valence electrons. The van der Waals surface area contributed by atoms with Crippen molar-refractivity contribution in [3.63, 3.8) is 0 Å². The molecule has 1 amide bonds. The number of amides is 1. The number of β-amino-alcohol motifs (C(OH)–C–C–N with tert-alkyl or cyclic N) is 1. The predicted molar refractivity (Wildman–Crippen MR) is 62.1 cm³/mol. The van der Waals surface area contributed by atoms with Gasteiger partial charge in [-0.25, -0.2) is 0 Å². The maximum absolute atomic E-state index is 12.0. The Balaban J connectivity index is 1.77. The van der Waals surface area contributed by atoms with Gasteiger partial charge in [-0.3, -0.25) is 9.69 Å². The largest absolute Gasteiger partial charge is 0.392 e. The third kappa shape index (κ3) is 3.19. The third-order valence-electron chi connectivity index (χ3n) is 3.55. The number of piperidine rings is 2. The Labute approximate surface area is 97.2 Å². The summed E-state index contributed by atoms with van der Waals surface area (Å²) < 4.78 is 0. The number of likely N-dealkylation sites (tertiary alicyclic amines) is 2. The van der Waals surface area contributed by atoms with Gasteiger partial charge in [-0.05, 0) is 38.6 Å². The number of hydrogen-bond donors (Lipinski definition) is 1. The van der Waals surface area contributed by atoms with Crippen molar-refractivity contribution in [1.29, 1.82) is 0 Å². The van der Waals surface area contributed by atoms with Crippen molar-refractivity contribution in [2.75, 3.05) is 32.7 Å². The summed E-state index contributed by atoms with van der Waals surface area (Å²) in [6.07, 6.45) is 5.21. The van der Waals surface area contributed by atoms with Gasteiger partial charge in [0.05, 0.1) is 12.6 Å². The molecule has 0 aromatic heterocycles. The molecule has 4 nitrogen and oxygen atoms in total. The van der Waals surface area contributed by atoms with E-state index in [9.17, 15) is 9.90 Å². The first kappa shape index (κ1) is 11.9. The van der Waals surface area contributed by atoms with Gasteiger partial charge in [0.15, 0.2) is 0 Å². The highest BCUT2D eigenvalue weighted by Gasteiger charge is 2.23. The molecule has 2 aliphatic rings. The van der Waals surface area contributed by atoms with Crippen molar-refractivity contribution in [2.45, 2.75) is 38.2 Å². The average molecular weight is 226 g/mol. The first-order chi connectivity index (χ1) is 7.75. The van der Waals surface area contributed by atoms with Crippen LogP contribution in [0.2, 0.25) is 0 Å². The fourth-order valence-electron chi connectivity index (χ4n) is 2.61. The lowest BCUT2D eigenvalue weighted by molar-refractivity contribution is -0.134.